The third kappa shape index (κ3) is 2.84. The van der Waals surface area contributed by atoms with Crippen LogP contribution in [-0.2, 0) is 4.79 Å². The summed E-state index contributed by atoms with van der Waals surface area (Å²) in [6.45, 7) is 2.77. The Balaban J connectivity index is 2.03. The highest BCUT2D eigenvalue weighted by molar-refractivity contribution is 6.17. The number of esters is 1. The largest absolute Gasteiger partial charge is 0.427 e. The van der Waals surface area contributed by atoms with Crippen LogP contribution in [0.15, 0.2) is 54.7 Å². The smallest absolute Gasteiger partial charge is 0.308 e. The molecular weight excluding hydrogens is 306 g/mol. The van der Waals surface area contributed by atoms with Gasteiger partial charge in [-0.05, 0) is 30.3 Å². The summed E-state index contributed by atoms with van der Waals surface area (Å²) in [7, 11) is 0. The van der Waals surface area contributed by atoms with Gasteiger partial charge in [0.2, 0.25) is 5.91 Å². The topological polar surface area (TPSA) is 65.4 Å². The maximum atomic E-state index is 12.8. The van der Waals surface area contributed by atoms with E-state index in [1.807, 2.05) is 18.2 Å². The number of para-hydroxylation sites is 1. The molecule has 0 saturated carbocycles. The molecule has 0 aliphatic heterocycles. The van der Waals surface area contributed by atoms with E-state index in [1.54, 1.807) is 36.5 Å². The number of carbonyl (C=O) groups is 3. The van der Waals surface area contributed by atoms with E-state index in [2.05, 4.69) is 0 Å². The number of aromatic nitrogens is 1. The summed E-state index contributed by atoms with van der Waals surface area (Å²) in [5.74, 6) is -0.389. The number of ether oxygens (including phenoxy) is 1. The Morgan fingerprint density at radius 2 is 1.58 bits per heavy atom. The van der Waals surface area contributed by atoms with Crippen molar-refractivity contribution in [3.63, 3.8) is 0 Å². The first-order valence-corrected chi connectivity index (χ1v) is 7.41. The highest BCUT2D eigenvalue weighted by atomic mass is 16.5. The third-order valence-electron chi connectivity index (χ3n) is 3.67. The minimum atomic E-state index is -0.418. The quantitative estimate of drug-likeness (QED) is 0.421. The van der Waals surface area contributed by atoms with Crippen molar-refractivity contribution in [2.24, 2.45) is 0 Å². The Labute approximate surface area is 138 Å². The van der Waals surface area contributed by atoms with Crippen LogP contribution in [0.4, 0.5) is 0 Å². The summed E-state index contributed by atoms with van der Waals surface area (Å²) in [6, 6.07) is 13.6. The molecule has 5 heteroatoms. The number of rotatable bonds is 3. The number of ketones is 1. The second kappa shape index (κ2) is 6.12. The van der Waals surface area contributed by atoms with Crippen molar-refractivity contribution in [3.05, 3.63) is 65.9 Å². The minimum absolute atomic E-state index is 0.157. The van der Waals surface area contributed by atoms with E-state index >= 15 is 0 Å². The molecule has 0 aliphatic rings. The van der Waals surface area contributed by atoms with Crippen LogP contribution in [0.5, 0.6) is 5.75 Å². The van der Waals surface area contributed by atoms with Gasteiger partial charge in [0.05, 0.1) is 5.52 Å². The van der Waals surface area contributed by atoms with Gasteiger partial charge in [0, 0.05) is 36.6 Å². The lowest BCUT2D eigenvalue weighted by molar-refractivity contribution is -0.131. The molecule has 0 fully saturated rings. The van der Waals surface area contributed by atoms with Gasteiger partial charge in [-0.2, -0.15) is 0 Å². The van der Waals surface area contributed by atoms with Crippen LogP contribution >= 0.6 is 0 Å². The summed E-state index contributed by atoms with van der Waals surface area (Å²) in [5.41, 5.74) is 1.61. The normalized spacial score (nSPS) is 10.6. The highest BCUT2D eigenvalue weighted by Crippen LogP contribution is 2.24. The summed E-state index contributed by atoms with van der Waals surface area (Å²) in [6.07, 6.45) is 1.56. The zero-order valence-electron chi connectivity index (χ0n) is 13.3. The molecule has 120 valence electrons. The monoisotopic (exact) mass is 321 g/mol. The molecule has 3 rings (SSSR count). The third-order valence-corrected chi connectivity index (χ3v) is 3.67. The molecule has 1 aromatic heterocycles. The second-order valence-corrected chi connectivity index (χ2v) is 5.40. The Morgan fingerprint density at radius 3 is 2.21 bits per heavy atom. The number of carbonyl (C=O) groups excluding carboxylic acids is 3. The highest BCUT2D eigenvalue weighted by Gasteiger charge is 2.18. The lowest BCUT2D eigenvalue weighted by Gasteiger charge is -2.03. The average Bonchev–Trinajstić information content (AvgIpc) is 2.94. The van der Waals surface area contributed by atoms with Crippen molar-refractivity contribution in [1.29, 1.82) is 0 Å². The van der Waals surface area contributed by atoms with Gasteiger partial charge in [-0.15, -0.1) is 0 Å². The Kier molecular flexibility index (Phi) is 4.00. The molecule has 0 amide bonds. The SMILES string of the molecule is CC(=O)Oc1ccc(C(=O)c2cn(C(C)=O)c3ccccc23)cc1. The molecular formula is C19H15NO4. The van der Waals surface area contributed by atoms with Gasteiger partial charge in [-0.3, -0.25) is 19.0 Å². The van der Waals surface area contributed by atoms with E-state index in [-0.39, 0.29) is 11.7 Å². The fraction of sp³-hybridized carbons (Fsp3) is 0.105. The molecule has 0 radical (unpaired) electrons. The lowest BCUT2D eigenvalue weighted by Crippen LogP contribution is -2.05. The van der Waals surface area contributed by atoms with Gasteiger partial charge >= 0.3 is 5.97 Å². The number of hydrogen-bond acceptors (Lipinski definition) is 4. The molecule has 0 N–H and O–H groups in total. The molecule has 0 aliphatic carbocycles. The number of hydrogen-bond donors (Lipinski definition) is 0. The van der Waals surface area contributed by atoms with Crippen molar-refractivity contribution >= 4 is 28.6 Å². The molecule has 5 nitrogen and oxygen atoms in total. The van der Waals surface area contributed by atoms with E-state index in [0.29, 0.717) is 22.4 Å². The van der Waals surface area contributed by atoms with Gasteiger partial charge in [0.1, 0.15) is 5.75 Å². The van der Waals surface area contributed by atoms with Crippen molar-refractivity contribution in [1.82, 2.24) is 4.57 Å². The van der Waals surface area contributed by atoms with Crippen LogP contribution in [0.25, 0.3) is 10.9 Å². The van der Waals surface area contributed by atoms with Crippen LogP contribution in [-0.4, -0.2) is 22.2 Å². The second-order valence-electron chi connectivity index (χ2n) is 5.40. The maximum absolute atomic E-state index is 12.8. The summed E-state index contributed by atoms with van der Waals surface area (Å²) in [5, 5.41) is 0.724. The molecule has 2 aromatic carbocycles. The van der Waals surface area contributed by atoms with E-state index in [0.717, 1.165) is 5.39 Å². The lowest BCUT2D eigenvalue weighted by atomic mass is 10.0. The van der Waals surface area contributed by atoms with E-state index in [4.69, 9.17) is 4.74 Å². The van der Waals surface area contributed by atoms with Crippen LogP contribution in [0.2, 0.25) is 0 Å². The van der Waals surface area contributed by atoms with Gasteiger partial charge in [-0.1, -0.05) is 18.2 Å². The van der Waals surface area contributed by atoms with E-state index in [1.165, 1.54) is 18.4 Å². The first kappa shape index (κ1) is 15.7. The Hall–Kier alpha value is -3.21. The summed E-state index contributed by atoms with van der Waals surface area (Å²) in [4.78, 5) is 35.5. The van der Waals surface area contributed by atoms with Crippen LogP contribution in [0, 0.1) is 0 Å². The molecule has 24 heavy (non-hydrogen) atoms. The van der Waals surface area contributed by atoms with Crippen LogP contribution in [0.1, 0.15) is 34.6 Å². The van der Waals surface area contributed by atoms with Crippen molar-refractivity contribution in [3.8, 4) is 5.75 Å². The zero-order chi connectivity index (χ0) is 17.3. The van der Waals surface area contributed by atoms with Gasteiger partial charge in [-0.25, -0.2) is 0 Å². The Morgan fingerprint density at radius 1 is 0.917 bits per heavy atom. The standard InChI is InChI=1S/C19H15NO4/c1-12(21)20-11-17(16-5-3-4-6-18(16)20)19(23)14-7-9-15(10-8-14)24-13(2)22/h3-11H,1-2H3. The summed E-state index contributed by atoms with van der Waals surface area (Å²) < 4.78 is 6.43. The zero-order valence-corrected chi connectivity index (χ0v) is 13.3. The molecule has 1 heterocycles. The number of benzene rings is 2. The number of nitrogens with zero attached hydrogens (tertiary/aromatic N) is 1. The maximum Gasteiger partial charge on any atom is 0.308 e. The van der Waals surface area contributed by atoms with Gasteiger partial charge < -0.3 is 4.74 Å². The molecule has 0 bridgehead atoms. The molecule has 0 unspecified atom stereocenters. The Bertz CT molecular complexity index is 951. The predicted molar refractivity (Wildman–Crippen MR) is 89.4 cm³/mol. The fourth-order valence-electron chi connectivity index (χ4n) is 2.62. The summed E-state index contributed by atoms with van der Waals surface area (Å²) >= 11 is 0. The molecule has 0 saturated heterocycles. The van der Waals surface area contributed by atoms with E-state index < -0.39 is 5.97 Å². The first-order chi connectivity index (χ1) is 11.5. The van der Waals surface area contributed by atoms with Crippen LogP contribution < -0.4 is 4.74 Å². The van der Waals surface area contributed by atoms with Gasteiger partial charge in [0.25, 0.3) is 0 Å². The molecule has 0 atom stereocenters. The average molecular weight is 321 g/mol. The van der Waals surface area contributed by atoms with Crippen molar-refractivity contribution in [2.45, 2.75) is 13.8 Å². The predicted octanol–water partition coefficient (Wildman–Crippen LogP) is 3.46. The fourth-order valence-corrected chi connectivity index (χ4v) is 2.62. The molecule has 0 spiro atoms. The van der Waals surface area contributed by atoms with Crippen molar-refractivity contribution < 1.29 is 19.1 Å². The number of fused-ring (bicyclic) bond motifs is 1. The van der Waals surface area contributed by atoms with E-state index in [9.17, 15) is 14.4 Å². The van der Waals surface area contributed by atoms with Gasteiger partial charge in [0.15, 0.2) is 5.78 Å². The van der Waals surface area contributed by atoms with Crippen LogP contribution in [0.3, 0.4) is 0 Å². The minimum Gasteiger partial charge on any atom is -0.427 e. The first-order valence-electron chi connectivity index (χ1n) is 7.41. The van der Waals surface area contributed by atoms with Crippen molar-refractivity contribution in [2.75, 3.05) is 0 Å². The molecule has 3 aromatic rings.